The van der Waals surface area contributed by atoms with Gasteiger partial charge in [-0.25, -0.2) is 0 Å². The van der Waals surface area contributed by atoms with Crippen molar-refractivity contribution in [1.82, 2.24) is 4.98 Å². The Morgan fingerprint density at radius 1 is 1.06 bits per heavy atom. The predicted molar refractivity (Wildman–Crippen MR) is 66.4 cm³/mol. The van der Waals surface area contributed by atoms with Gasteiger partial charge in [0.25, 0.3) is 10.0 Å². The number of hydrogen-bond donors (Lipinski definition) is 0. The molecule has 0 aliphatic rings. The Kier molecular flexibility index (Phi) is 3.01. The Bertz CT molecular complexity index is 637. The number of sulfonamides is 1. The van der Waals surface area contributed by atoms with Crippen molar-refractivity contribution in [3.8, 4) is 11.3 Å². The molecule has 0 unspecified atom stereocenters. The first kappa shape index (κ1) is 11.5. The summed E-state index contributed by atoms with van der Waals surface area (Å²) in [5.74, 6) is 0. The second-order valence-electron chi connectivity index (χ2n) is 3.32. The third kappa shape index (κ3) is 2.24. The fourth-order valence-electron chi connectivity index (χ4n) is 1.48. The first-order chi connectivity index (χ1) is 8.15. The van der Waals surface area contributed by atoms with Gasteiger partial charge in [0.15, 0.2) is 0 Å². The highest BCUT2D eigenvalue weighted by atomic mass is 32.2. The molecular weight excluding hydrogens is 236 g/mol. The molecule has 0 spiro atoms. The minimum Gasteiger partial charge on any atom is -0.255 e. The standard InChI is InChI=1S/C12H10N2O2S/c1-13-17(15,16)11-8-5-9-14-12(11)10-6-3-2-4-7-10/h2-9H,1H2. The third-order valence-corrected chi connectivity index (χ3v) is 3.49. The number of benzene rings is 1. The highest BCUT2D eigenvalue weighted by Gasteiger charge is 2.17. The number of hydrogen-bond acceptors (Lipinski definition) is 3. The van der Waals surface area contributed by atoms with Crippen LogP contribution in [0.15, 0.2) is 58.0 Å². The van der Waals surface area contributed by atoms with Crippen molar-refractivity contribution in [2.45, 2.75) is 4.90 Å². The van der Waals surface area contributed by atoms with Crippen LogP contribution >= 0.6 is 0 Å². The van der Waals surface area contributed by atoms with Crippen LogP contribution in [-0.2, 0) is 10.0 Å². The zero-order chi connectivity index (χ0) is 12.3. The molecule has 0 aliphatic heterocycles. The smallest absolute Gasteiger partial charge is 0.255 e. The second-order valence-corrected chi connectivity index (χ2v) is 4.97. The zero-order valence-corrected chi connectivity index (χ0v) is 9.76. The Balaban J connectivity index is 2.69. The molecular formula is C12H10N2O2S. The van der Waals surface area contributed by atoms with Crippen LogP contribution in [0.4, 0.5) is 0 Å². The Labute approximate surface area is 99.7 Å². The molecule has 0 N–H and O–H groups in total. The largest absolute Gasteiger partial charge is 0.283 e. The van der Waals surface area contributed by atoms with E-state index in [0.29, 0.717) is 5.69 Å². The summed E-state index contributed by atoms with van der Waals surface area (Å²) >= 11 is 0. The molecule has 5 heteroatoms. The quantitative estimate of drug-likeness (QED) is 0.779. The van der Waals surface area contributed by atoms with Gasteiger partial charge in [0.1, 0.15) is 4.90 Å². The van der Waals surface area contributed by atoms with Gasteiger partial charge >= 0.3 is 0 Å². The van der Waals surface area contributed by atoms with Crippen molar-refractivity contribution < 1.29 is 8.42 Å². The molecule has 17 heavy (non-hydrogen) atoms. The lowest BCUT2D eigenvalue weighted by Crippen LogP contribution is -2.00. The summed E-state index contributed by atoms with van der Waals surface area (Å²) < 4.78 is 26.6. The average Bonchev–Trinajstić information content (AvgIpc) is 2.40. The molecule has 0 atom stereocenters. The van der Waals surface area contributed by atoms with Crippen LogP contribution in [0.25, 0.3) is 11.3 Å². The van der Waals surface area contributed by atoms with Crippen LogP contribution in [0, 0.1) is 0 Å². The molecule has 86 valence electrons. The van der Waals surface area contributed by atoms with E-state index in [0.717, 1.165) is 5.56 Å². The molecule has 4 nitrogen and oxygen atoms in total. The van der Waals surface area contributed by atoms with Gasteiger partial charge in [0, 0.05) is 18.5 Å². The fraction of sp³-hybridized carbons (Fsp3) is 0. The van der Waals surface area contributed by atoms with Gasteiger partial charge in [-0.15, -0.1) is 0 Å². The van der Waals surface area contributed by atoms with Gasteiger partial charge in [0.2, 0.25) is 0 Å². The molecule has 0 saturated carbocycles. The fourth-order valence-corrected chi connectivity index (χ4v) is 2.29. The van der Waals surface area contributed by atoms with Crippen LogP contribution in [0.1, 0.15) is 0 Å². The lowest BCUT2D eigenvalue weighted by Gasteiger charge is -2.05. The van der Waals surface area contributed by atoms with Crippen LogP contribution in [0.5, 0.6) is 0 Å². The van der Waals surface area contributed by atoms with E-state index in [1.807, 2.05) is 18.2 Å². The minimum absolute atomic E-state index is 0.0706. The zero-order valence-electron chi connectivity index (χ0n) is 8.95. The van der Waals surface area contributed by atoms with Gasteiger partial charge in [-0.2, -0.15) is 12.8 Å². The highest BCUT2D eigenvalue weighted by Crippen LogP contribution is 2.25. The van der Waals surface area contributed by atoms with Crippen LogP contribution < -0.4 is 0 Å². The van der Waals surface area contributed by atoms with Gasteiger partial charge in [-0.3, -0.25) is 4.98 Å². The van der Waals surface area contributed by atoms with Gasteiger partial charge in [-0.05, 0) is 12.1 Å². The van der Waals surface area contributed by atoms with Crippen molar-refractivity contribution in [3.05, 3.63) is 48.7 Å². The third-order valence-electron chi connectivity index (χ3n) is 2.27. The van der Waals surface area contributed by atoms with E-state index in [4.69, 9.17) is 0 Å². The molecule has 0 fully saturated rings. The molecule has 2 aromatic rings. The molecule has 0 amide bonds. The molecule has 1 heterocycles. The van der Waals surface area contributed by atoms with E-state index < -0.39 is 10.0 Å². The van der Waals surface area contributed by atoms with E-state index >= 15 is 0 Å². The SMILES string of the molecule is C=NS(=O)(=O)c1cccnc1-c1ccccc1. The first-order valence-electron chi connectivity index (χ1n) is 4.88. The highest BCUT2D eigenvalue weighted by molar-refractivity contribution is 7.90. The number of aromatic nitrogens is 1. The summed E-state index contributed by atoms with van der Waals surface area (Å²) in [6.07, 6.45) is 1.55. The van der Waals surface area contributed by atoms with Gasteiger partial charge < -0.3 is 0 Å². The maximum atomic E-state index is 11.7. The topological polar surface area (TPSA) is 59.4 Å². The summed E-state index contributed by atoms with van der Waals surface area (Å²) in [5, 5.41) is 0. The van der Waals surface area contributed by atoms with Gasteiger partial charge in [-0.1, -0.05) is 30.3 Å². The number of nitrogens with zero attached hydrogens (tertiary/aromatic N) is 2. The number of rotatable bonds is 3. The lowest BCUT2D eigenvalue weighted by atomic mass is 10.1. The van der Waals surface area contributed by atoms with Crippen molar-refractivity contribution in [2.75, 3.05) is 0 Å². The van der Waals surface area contributed by atoms with Crippen molar-refractivity contribution in [2.24, 2.45) is 4.40 Å². The van der Waals surface area contributed by atoms with Crippen molar-refractivity contribution in [3.63, 3.8) is 0 Å². The van der Waals surface area contributed by atoms with E-state index in [-0.39, 0.29) is 4.90 Å². The lowest BCUT2D eigenvalue weighted by molar-refractivity contribution is 0.598. The summed E-state index contributed by atoms with van der Waals surface area (Å²) in [6, 6.07) is 12.1. The molecule has 0 saturated heterocycles. The van der Waals surface area contributed by atoms with Crippen LogP contribution in [0.2, 0.25) is 0 Å². The van der Waals surface area contributed by atoms with Crippen LogP contribution in [-0.4, -0.2) is 20.1 Å². The molecule has 1 aromatic carbocycles. The second kappa shape index (κ2) is 4.47. The van der Waals surface area contributed by atoms with E-state index in [1.165, 1.54) is 6.07 Å². The molecule has 0 aliphatic carbocycles. The van der Waals surface area contributed by atoms with Crippen LogP contribution in [0.3, 0.4) is 0 Å². The maximum absolute atomic E-state index is 11.7. The van der Waals surface area contributed by atoms with E-state index in [9.17, 15) is 8.42 Å². The van der Waals surface area contributed by atoms with E-state index in [2.05, 4.69) is 16.1 Å². The maximum Gasteiger partial charge on any atom is 0.283 e. The summed E-state index contributed by atoms with van der Waals surface area (Å²) in [5.41, 5.74) is 1.12. The molecule has 0 bridgehead atoms. The predicted octanol–water partition coefficient (Wildman–Crippen LogP) is 2.14. The Morgan fingerprint density at radius 3 is 2.41 bits per heavy atom. The summed E-state index contributed by atoms with van der Waals surface area (Å²) in [7, 11) is -3.73. The van der Waals surface area contributed by atoms with Gasteiger partial charge in [0.05, 0.1) is 5.69 Å². The monoisotopic (exact) mass is 246 g/mol. The summed E-state index contributed by atoms with van der Waals surface area (Å²) in [6.45, 7) is 3.08. The average molecular weight is 246 g/mol. The molecule has 2 rings (SSSR count). The van der Waals surface area contributed by atoms with Crippen molar-refractivity contribution in [1.29, 1.82) is 0 Å². The Hall–Kier alpha value is -2.01. The molecule has 0 radical (unpaired) electrons. The van der Waals surface area contributed by atoms with Crippen molar-refractivity contribution >= 4 is 16.7 Å². The first-order valence-corrected chi connectivity index (χ1v) is 6.32. The summed E-state index contributed by atoms with van der Waals surface area (Å²) in [4.78, 5) is 4.17. The Morgan fingerprint density at radius 2 is 1.76 bits per heavy atom. The molecule has 1 aromatic heterocycles. The van der Waals surface area contributed by atoms with E-state index in [1.54, 1.807) is 24.4 Å². The minimum atomic E-state index is -3.73. The number of pyridine rings is 1. The normalized spacial score (nSPS) is 11.1.